The van der Waals surface area contributed by atoms with E-state index in [0.29, 0.717) is 37.4 Å². The number of anilines is 1. The maximum atomic E-state index is 13.2. The SMILES string of the molecule is CCOCCCN1C(=O)C(Nc2cccc(Br)c2)=C(c2ccc(C)cc2C)C1=O. The highest BCUT2D eigenvalue weighted by Crippen LogP contribution is 2.33. The lowest BCUT2D eigenvalue weighted by molar-refractivity contribution is -0.137. The van der Waals surface area contributed by atoms with E-state index in [1.165, 1.54) is 4.90 Å². The van der Waals surface area contributed by atoms with Gasteiger partial charge in [-0.3, -0.25) is 14.5 Å². The van der Waals surface area contributed by atoms with E-state index in [0.717, 1.165) is 26.9 Å². The van der Waals surface area contributed by atoms with Crippen LogP contribution in [0.5, 0.6) is 0 Å². The molecule has 0 aliphatic carbocycles. The van der Waals surface area contributed by atoms with Crippen LogP contribution >= 0.6 is 15.9 Å². The third-order valence-corrected chi connectivity index (χ3v) is 5.28. The van der Waals surface area contributed by atoms with Gasteiger partial charge in [-0.1, -0.05) is 45.8 Å². The number of amides is 2. The van der Waals surface area contributed by atoms with Crippen molar-refractivity contribution in [2.45, 2.75) is 27.2 Å². The molecular weight excluding hydrogens is 432 g/mol. The Bertz CT molecular complexity index is 968. The molecule has 3 rings (SSSR count). The summed E-state index contributed by atoms with van der Waals surface area (Å²) in [6, 6.07) is 13.4. The smallest absolute Gasteiger partial charge is 0.278 e. The van der Waals surface area contributed by atoms with Crippen LogP contribution in [0.1, 0.15) is 30.0 Å². The van der Waals surface area contributed by atoms with Gasteiger partial charge in [0.2, 0.25) is 0 Å². The van der Waals surface area contributed by atoms with Crippen molar-refractivity contribution in [3.8, 4) is 0 Å². The Kier molecular flexibility index (Phi) is 6.87. The lowest BCUT2D eigenvalue weighted by atomic mass is 9.97. The molecule has 0 saturated heterocycles. The summed E-state index contributed by atoms with van der Waals surface area (Å²) in [6.07, 6.45) is 0.607. The summed E-state index contributed by atoms with van der Waals surface area (Å²) in [5, 5.41) is 3.19. The first-order valence-electron chi connectivity index (χ1n) is 9.70. The maximum Gasteiger partial charge on any atom is 0.278 e. The molecular formula is C23H25BrN2O3. The standard InChI is InChI=1S/C23H25BrN2O3/c1-4-29-12-6-11-26-22(27)20(19-10-9-15(2)13-16(19)3)21(23(26)28)25-18-8-5-7-17(24)14-18/h5,7-10,13-14,25H,4,6,11-12H2,1-3H3. The second-order valence-electron chi connectivity index (χ2n) is 7.02. The van der Waals surface area contributed by atoms with Crippen LogP contribution in [0.25, 0.3) is 5.57 Å². The summed E-state index contributed by atoms with van der Waals surface area (Å²) in [4.78, 5) is 27.7. The zero-order valence-corrected chi connectivity index (χ0v) is 18.5. The fourth-order valence-electron chi connectivity index (χ4n) is 3.42. The van der Waals surface area contributed by atoms with E-state index in [1.807, 2.05) is 63.2 Å². The number of hydrogen-bond acceptors (Lipinski definition) is 4. The summed E-state index contributed by atoms with van der Waals surface area (Å²) in [5.74, 6) is -0.572. The third kappa shape index (κ3) is 4.77. The summed E-state index contributed by atoms with van der Waals surface area (Å²) < 4.78 is 6.25. The Hall–Kier alpha value is -2.44. The zero-order valence-electron chi connectivity index (χ0n) is 16.9. The van der Waals surface area contributed by atoms with Crippen LogP contribution in [0.15, 0.2) is 52.6 Å². The van der Waals surface area contributed by atoms with Gasteiger partial charge >= 0.3 is 0 Å². The number of carbonyl (C=O) groups excluding carboxylic acids is 2. The first-order valence-corrected chi connectivity index (χ1v) is 10.5. The molecule has 6 heteroatoms. The van der Waals surface area contributed by atoms with E-state index >= 15 is 0 Å². The molecule has 2 amide bonds. The molecule has 1 aliphatic rings. The number of ether oxygens (including phenoxy) is 1. The molecule has 0 fully saturated rings. The molecule has 0 atom stereocenters. The van der Waals surface area contributed by atoms with Gasteiger partial charge in [0, 0.05) is 29.9 Å². The second-order valence-corrected chi connectivity index (χ2v) is 7.93. The first-order chi connectivity index (χ1) is 13.9. The van der Waals surface area contributed by atoms with E-state index in [1.54, 1.807) is 0 Å². The van der Waals surface area contributed by atoms with Crippen LogP contribution < -0.4 is 5.32 Å². The topological polar surface area (TPSA) is 58.6 Å². The highest BCUT2D eigenvalue weighted by molar-refractivity contribution is 9.10. The molecule has 0 spiro atoms. The lowest BCUT2D eigenvalue weighted by Gasteiger charge is -2.15. The molecule has 0 unspecified atom stereocenters. The predicted molar refractivity (Wildman–Crippen MR) is 118 cm³/mol. The highest BCUT2D eigenvalue weighted by atomic mass is 79.9. The number of benzene rings is 2. The molecule has 29 heavy (non-hydrogen) atoms. The molecule has 0 aromatic heterocycles. The van der Waals surface area contributed by atoms with Crippen molar-refractivity contribution in [3.63, 3.8) is 0 Å². The van der Waals surface area contributed by atoms with Crippen LogP contribution in [0, 0.1) is 13.8 Å². The van der Waals surface area contributed by atoms with E-state index < -0.39 is 0 Å². The number of hydrogen-bond donors (Lipinski definition) is 1. The van der Waals surface area contributed by atoms with Crippen molar-refractivity contribution in [2.24, 2.45) is 0 Å². The summed E-state index contributed by atoms with van der Waals surface area (Å²) in [5.41, 5.74) is 4.33. The maximum absolute atomic E-state index is 13.2. The molecule has 0 saturated carbocycles. The molecule has 2 aromatic rings. The number of nitrogens with one attached hydrogen (secondary N) is 1. The van der Waals surface area contributed by atoms with Crippen LogP contribution in [0.3, 0.4) is 0 Å². The van der Waals surface area contributed by atoms with Gasteiger partial charge in [0.25, 0.3) is 11.8 Å². The Labute approximate surface area is 179 Å². The normalized spacial score (nSPS) is 14.1. The van der Waals surface area contributed by atoms with E-state index in [2.05, 4.69) is 21.2 Å². The Balaban J connectivity index is 1.99. The van der Waals surface area contributed by atoms with Gasteiger partial charge in [0.1, 0.15) is 5.70 Å². The Morgan fingerprint density at radius 3 is 2.55 bits per heavy atom. The first kappa shape index (κ1) is 21.3. The number of halogens is 1. The molecule has 5 nitrogen and oxygen atoms in total. The average molecular weight is 457 g/mol. The lowest BCUT2D eigenvalue weighted by Crippen LogP contribution is -2.34. The van der Waals surface area contributed by atoms with E-state index in [9.17, 15) is 9.59 Å². The molecule has 2 aromatic carbocycles. The van der Waals surface area contributed by atoms with Crippen LogP contribution in [0.4, 0.5) is 5.69 Å². The minimum atomic E-state index is -0.304. The third-order valence-electron chi connectivity index (χ3n) is 4.79. The van der Waals surface area contributed by atoms with Crippen molar-refractivity contribution in [1.29, 1.82) is 0 Å². The predicted octanol–water partition coefficient (Wildman–Crippen LogP) is 4.68. The summed E-state index contributed by atoms with van der Waals surface area (Å²) >= 11 is 3.45. The van der Waals surface area contributed by atoms with Crippen molar-refractivity contribution in [1.82, 2.24) is 4.90 Å². The van der Waals surface area contributed by atoms with E-state index in [-0.39, 0.29) is 11.8 Å². The Morgan fingerprint density at radius 1 is 1.07 bits per heavy atom. The van der Waals surface area contributed by atoms with Gasteiger partial charge in [-0.25, -0.2) is 0 Å². The quantitative estimate of drug-likeness (QED) is 0.462. The number of rotatable bonds is 8. The monoisotopic (exact) mass is 456 g/mol. The van der Waals surface area contributed by atoms with Gasteiger partial charge in [-0.15, -0.1) is 0 Å². The van der Waals surface area contributed by atoms with Crippen molar-refractivity contribution in [3.05, 3.63) is 69.3 Å². The number of carbonyl (C=O) groups is 2. The van der Waals surface area contributed by atoms with Gasteiger partial charge in [0.05, 0.1) is 5.57 Å². The largest absolute Gasteiger partial charge is 0.382 e. The highest BCUT2D eigenvalue weighted by Gasteiger charge is 2.39. The van der Waals surface area contributed by atoms with Crippen molar-refractivity contribution in [2.75, 3.05) is 25.1 Å². The van der Waals surface area contributed by atoms with Gasteiger partial charge < -0.3 is 10.1 Å². The number of imide groups is 1. The molecule has 0 bridgehead atoms. The Morgan fingerprint density at radius 2 is 1.86 bits per heavy atom. The summed E-state index contributed by atoms with van der Waals surface area (Å²) in [6.45, 7) is 7.35. The second kappa shape index (κ2) is 9.37. The molecule has 0 radical (unpaired) electrons. The van der Waals surface area contributed by atoms with Crippen LogP contribution in [0.2, 0.25) is 0 Å². The number of aryl methyl sites for hydroxylation is 2. The number of nitrogens with zero attached hydrogens (tertiary/aromatic N) is 1. The fourth-order valence-corrected chi connectivity index (χ4v) is 3.82. The molecule has 1 N–H and O–H groups in total. The molecule has 152 valence electrons. The van der Waals surface area contributed by atoms with Gasteiger partial charge in [-0.2, -0.15) is 0 Å². The fraction of sp³-hybridized carbons (Fsp3) is 0.304. The van der Waals surface area contributed by atoms with Gasteiger partial charge in [0.15, 0.2) is 0 Å². The molecule has 1 aliphatic heterocycles. The minimum absolute atomic E-state index is 0.268. The summed E-state index contributed by atoms with van der Waals surface area (Å²) in [7, 11) is 0. The zero-order chi connectivity index (χ0) is 21.0. The van der Waals surface area contributed by atoms with E-state index in [4.69, 9.17) is 4.74 Å². The average Bonchev–Trinajstić information content (AvgIpc) is 2.89. The molecule has 1 heterocycles. The van der Waals surface area contributed by atoms with Crippen LogP contribution in [-0.2, 0) is 14.3 Å². The van der Waals surface area contributed by atoms with Gasteiger partial charge in [-0.05, 0) is 56.5 Å². The minimum Gasteiger partial charge on any atom is -0.382 e. The van der Waals surface area contributed by atoms with Crippen LogP contribution in [-0.4, -0.2) is 36.5 Å². The van der Waals surface area contributed by atoms with Crippen molar-refractivity contribution < 1.29 is 14.3 Å². The van der Waals surface area contributed by atoms with Crippen molar-refractivity contribution >= 4 is 39.0 Å².